The second-order valence-corrected chi connectivity index (χ2v) is 6.54. The van der Waals surface area contributed by atoms with Crippen molar-refractivity contribution in [1.82, 2.24) is 9.88 Å². The van der Waals surface area contributed by atoms with Crippen LogP contribution in [0.25, 0.3) is 0 Å². The Morgan fingerprint density at radius 2 is 2.14 bits per heavy atom. The fourth-order valence-electron chi connectivity index (χ4n) is 2.77. The Labute approximate surface area is 126 Å². The average Bonchev–Trinajstić information content (AvgIpc) is 2.66. The number of amides is 1. The summed E-state index contributed by atoms with van der Waals surface area (Å²) in [6.45, 7) is 8.22. The van der Waals surface area contributed by atoms with Crippen molar-refractivity contribution in [3.63, 3.8) is 0 Å². The molecule has 1 aromatic rings. The van der Waals surface area contributed by atoms with Gasteiger partial charge in [0.1, 0.15) is 5.82 Å². The first-order chi connectivity index (χ1) is 9.95. The molecule has 0 radical (unpaired) electrons. The van der Waals surface area contributed by atoms with Gasteiger partial charge in [0, 0.05) is 24.3 Å². The van der Waals surface area contributed by atoms with Crippen molar-refractivity contribution in [2.45, 2.75) is 46.5 Å². The van der Waals surface area contributed by atoms with E-state index in [4.69, 9.17) is 5.84 Å². The second-order valence-electron chi connectivity index (χ2n) is 6.54. The van der Waals surface area contributed by atoms with Gasteiger partial charge in [0.05, 0.1) is 0 Å². The summed E-state index contributed by atoms with van der Waals surface area (Å²) >= 11 is 0. The Bertz CT molecular complexity index is 491. The molecule has 1 aromatic heterocycles. The van der Waals surface area contributed by atoms with Gasteiger partial charge in [-0.3, -0.25) is 4.79 Å². The number of carbonyl (C=O) groups is 1. The number of nitrogens with two attached hydrogens (primary N) is 1. The molecule has 5 nitrogen and oxygen atoms in total. The summed E-state index contributed by atoms with van der Waals surface area (Å²) < 4.78 is 0. The number of pyridine rings is 1. The van der Waals surface area contributed by atoms with Gasteiger partial charge in [-0.1, -0.05) is 20.8 Å². The lowest BCUT2D eigenvalue weighted by Crippen LogP contribution is -2.32. The number of hydrazine groups is 1. The lowest BCUT2D eigenvalue weighted by atomic mass is 9.85. The predicted molar refractivity (Wildman–Crippen MR) is 85.0 cm³/mol. The summed E-state index contributed by atoms with van der Waals surface area (Å²) in [4.78, 5) is 19.0. The Kier molecular flexibility index (Phi) is 4.83. The summed E-state index contributed by atoms with van der Waals surface area (Å²) in [6, 6.07) is 3.61. The van der Waals surface area contributed by atoms with Crippen LogP contribution in [0.15, 0.2) is 12.1 Å². The summed E-state index contributed by atoms with van der Waals surface area (Å²) in [6.07, 6.45) is 4.06. The quantitative estimate of drug-likeness (QED) is 0.663. The van der Waals surface area contributed by atoms with Crippen molar-refractivity contribution in [2.24, 2.45) is 11.3 Å². The van der Waals surface area contributed by atoms with E-state index in [0.29, 0.717) is 16.8 Å². The van der Waals surface area contributed by atoms with Gasteiger partial charge in [-0.05, 0) is 43.2 Å². The number of nitrogens with one attached hydrogen (secondary N) is 1. The topological polar surface area (TPSA) is 71.2 Å². The maximum Gasteiger partial charge on any atom is 0.254 e. The van der Waals surface area contributed by atoms with Gasteiger partial charge in [0.15, 0.2) is 0 Å². The number of likely N-dealkylation sites (tertiary alicyclic amines) is 1. The molecule has 0 saturated carbocycles. The SMILES string of the molecule is CCc1cc(C(=O)N2CCCC(C)(C)CC2)cc(NN)n1. The van der Waals surface area contributed by atoms with Crippen LogP contribution < -0.4 is 11.3 Å². The molecule has 0 aliphatic carbocycles. The van der Waals surface area contributed by atoms with Gasteiger partial charge in [-0.2, -0.15) is 0 Å². The van der Waals surface area contributed by atoms with E-state index in [-0.39, 0.29) is 5.91 Å². The number of nitrogen functional groups attached to an aromatic ring is 1. The van der Waals surface area contributed by atoms with Gasteiger partial charge in [0.25, 0.3) is 5.91 Å². The van der Waals surface area contributed by atoms with E-state index < -0.39 is 0 Å². The molecule has 1 fully saturated rings. The highest BCUT2D eigenvalue weighted by atomic mass is 16.2. The van der Waals surface area contributed by atoms with Gasteiger partial charge in [-0.25, -0.2) is 10.8 Å². The second kappa shape index (κ2) is 6.43. The minimum Gasteiger partial charge on any atom is -0.339 e. The van der Waals surface area contributed by atoms with Crippen molar-refractivity contribution in [2.75, 3.05) is 18.5 Å². The van der Waals surface area contributed by atoms with Crippen LogP contribution in [0.2, 0.25) is 0 Å². The molecule has 116 valence electrons. The first-order valence-electron chi connectivity index (χ1n) is 7.72. The molecule has 1 aliphatic rings. The number of nitrogens with zero attached hydrogens (tertiary/aromatic N) is 2. The average molecular weight is 290 g/mol. The molecule has 1 aliphatic heterocycles. The minimum atomic E-state index is 0.0845. The highest BCUT2D eigenvalue weighted by Crippen LogP contribution is 2.30. The molecule has 5 heteroatoms. The molecule has 0 unspecified atom stereocenters. The van der Waals surface area contributed by atoms with Crippen LogP contribution in [0.1, 0.15) is 56.1 Å². The van der Waals surface area contributed by atoms with Gasteiger partial charge >= 0.3 is 0 Å². The van der Waals surface area contributed by atoms with E-state index in [1.807, 2.05) is 17.9 Å². The zero-order chi connectivity index (χ0) is 15.5. The first kappa shape index (κ1) is 15.8. The molecular weight excluding hydrogens is 264 g/mol. The third-order valence-electron chi connectivity index (χ3n) is 4.26. The molecule has 1 saturated heterocycles. The third kappa shape index (κ3) is 3.94. The number of anilines is 1. The standard InChI is InChI=1S/C16H26N4O/c1-4-13-10-12(11-14(18-13)19-17)15(21)20-8-5-6-16(2,3)7-9-20/h10-11H,4-9,17H2,1-3H3,(H,18,19). The number of hydrogen-bond donors (Lipinski definition) is 2. The van der Waals surface area contributed by atoms with Gasteiger partial charge < -0.3 is 10.3 Å². The van der Waals surface area contributed by atoms with E-state index in [1.54, 1.807) is 6.07 Å². The summed E-state index contributed by atoms with van der Waals surface area (Å²) in [5, 5.41) is 0. The molecule has 2 rings (SSSR count). The van der Waals surface area contributed by atoms with E-state index in [2.05, 4.69) is 24.3 Å². The zero-order valence-corrected chi connectivity index (χ0v) is 13.3. The monoisotopic (exact) mass is 290 g/mol. The molecule has 0 bridgehead atoms. The largest absolute Gasteiger partial charge is 0.339 e. The molecule has 21 heavy (non-hydrogen) atoms. The molecule has 2 heterocycles. The highest BCUT2D eigenvalue weighted by Gasteiger charge is 2.26. The van der Waals surface area contributed by atoms with E-state index in [1.165, 1.54) is 6.42 Å². The van der Waals surface area contributed by atoms with Crippen LogP contribution in [0.4, 0.5) is 5.82 Å². The normalized spacial score (nSPS) is 18.2. The Hall–Kier alpha value is -1.62. The van der Waals surface area contributed by atoms with Crippen molar-refractivity contribution < 1.29 is 4.79 Å². The first-order valence-corrected chi connectivity index (χ1v) is 7.72. The summed E-state index contributed by atoms with van der Waals surface area (Å²) in [7, 11) is 0. The third-order valence-corrected chi connectivity index (χ3v) is 4.26. The summed E-state index contributed by atoms with van der Waals surface area (Å²) in [5.41, 5.74) is 4.42. The number of carbonyl (C=O) groups excluding carboxylic acids is 1. The maximum absolute atomic E-state index is 12.7. The molecular formula is C16H26N4O. The fraction of sp³-hybridized carbons (Fsp3) is 0.625. The van der Waals surface area contributed by atoms with E-state index in [9.17, 15) is 4.79 Å². The van der Waals surface area contributed by atoms with E-state index >= 15 is 0 Å². The van der Waals surface area contributed by atoms with Crippen LogP contribution >= 0.6 is 0 Å². The lowest BCUT2D eigenvalue weighted by molar-refractivity contribution is 0.0757. The highest BCUT2D eigenvalue weighted by molar-refractivity contribution is 5.95. The lowest BCUT2D eigenvalue weighted by Gasteiger charge is -2.23. The number of hydrogen-bond acceptors (Lipinski definition) is 4. The van der Waals surface area contributed by atoms with Crippen molar-refractivity contribution in [1.29, 1.82) is 0 Å². The van der Waals surface area contributed by atoms with Gasteiger partial charge in [0.2, 0.25) is 0 Å². The van der Waals surface area contributed by atoms with Gasteiger partial charge in [-0.15, -0.1) is 0 Å². The van der Waals surface area contributed by atoms with Crippen LogP contribution in [0, 0.1) is 5.41 Å². The van der Waals surface area contributed by atoms with Crippen molar-refractivity contribution in [3.8, 4) is 0 Å². The molecule has 0 atom stereocenters. The van der Waals surface area contributed by atoms with Crippen LogP contribution in [-0.4, -0.2) is 28.9 Å². The molecule has 1 amide bonds. The maximum atomic E-state index is 12.7. The fourth-order valence-corrected chi connectivity index (χ4v) is 2.77. The smallest absolute Gasteiger partial charge is 0.254 e. The van der Waals surface area contributed by atoms with Crippen LogP contribution in [-0.2, 0) is 6.42 Å². The van der Waals surface area contributed by atoms with Crippen molar-refractivity contribution >= 4 is 11.7 Å². The number of aryl methyl sites for hydroxylation is 1. The number of aromatic nitrogens is 1. The van der Waals surface area contributed by atoms with E-state index in [0.717, 1.165) is 38.0 Å². The molecule has 0 spiro atoms. The zero-order valence-electron chi connectivity index (χ0n) is 13.3. The Balaban J connectivity index is 2.19. The molecule has 3 N–H and O–H groups in total. The predicted octanol–water partition coefficient (Wildman–Crippen LogP) is 2.58. The Morgan fingerprint density at radius 3 is 2.81 bits per heavy atom. The van der Waals surface area contributed by atoms with Crippen LogP contribution in [0.5, 0.6) is 0 Å². The minimum absolute atomic E-state index is 0.0845. The Morgan fingerprint density at radius 1 is 1.38 bits per heavy atom. The molecule has 0 aromatic carbocycles. The van der Waals surface area contributed by atoms with Crippen molar-refractivity contribution in [3.05, 3.63) is 23.4 Å². The van der Waals surface area contributed by atoms with Crippen LogP contribution in [0.3, 0.4) is 0 Å². The number of rotatable bonds is 3. The summed E-state index contributed by atoms with van der Waals surface area (Å²) in [5.74, 6) is 6.08.